The van der Waals surface area contributed by atoms with Crippen LogP contribution in [0.1, 0.15) is 12.8 Å². The predicted octanol–water partition coefficient (Wildman–Crippen LogP) is 3.69. The minimum absolute atomic E-state index is 2.71. The molecule has 0 spiro atoms. The molecule has 0 N–H and O–H groups in total. The van der Waals surface area contributed by atoms with Crippen molar-refractivity contribution in [1.82, 2.24) is 0 Å². The van der Waals surface area contributed by atoms with Crippen LogP contribution in [0.5, 0.6) is 0 Å². The normalized spacial score (nSPS) is 14.9. The molecule has 3 nitrogen and oxygen atoms in total. The van der Waals surface area contributed by atoms with Gasteiger partial charge in [-0.15, -0.1) is 0 Å². The maximum Gasteiger partial charge on any atom is 0.397 e. The Morgan fingerprint density at radius 3 is 1.10 bits per heavy atom. The van der Waals surface area contributed by atoms with Crippen molar-refractivity contribution in [3.8, 4) is 0 Å². The number of alkyl halides is 10. The molecule has 0 saturated heterocycles. The summed E-state index contributed by atoms with van der Waals surface area (Å²) in [4.78, 5) is 0. The van der Waals surface area contributed by atoms with E-state index in [1.807, 2.05) is 0 Å². The molecular formula is C6H4F10O3S. The van der Waals surface area contributed by atoms with Crippen molar-refractivity contribution in [3.05, 3.63) is 0 Å². The highest BCUT2D eigenvalue weighted by molar-refractivity contribution is 7.75. The summed E-state index contributed by atoms with van der Waals surface area (Å²) < 4.78 is 135. The quantitative estimate of drug-likeness (QED) is 0.688. The van der Waals surface area contributed by atoms with Gasteiger partial charge in [-0.1, -0.05) is 0 Å². The van der Waals surface area contributed by atoms with Crippen LogP contribution < -0.4 is 0 Å². The highest BCUT2D eigenvalue weighted by Crippen LogP contribution is 2.36. The van der Waals surface area contributed by atoms with Gasteiger partial charge in [0, 0.05) is 0 Å². The first-order valence-electron chi connectivity index (χ1n) is 4.21. The molecule has 0 atom stereocenters. The lowest BCUT2D eigenvalue weighted by molar-refractivity contribution is -0.270. The molecular weight excluding hydrogens is 342 g/mol. The molecule has 122 valence electrons. The minimum atomic E-state index is -5.50. The van der Waals surface area contributed by atoms with E-state index in [0.29, 0.717) is 0 Å². The van der Waals surface area contributed by atoms with Crippen LogP contribution in [0, 0.1) is 0 Å². The van der Waals surface area contributed by atoms with Crippen LogP contribution in [0.25, 0.3) is 0 Å². The summed E-state index contributed by atoms with van der Waals surface area (Å²) in [7, 11) is 0. The molecule has 0 rings (SSSR count). The fourth-order valence-corrected chi connectivity index (χ4v) is 1.29. The van der Waals surface area contributed by atoms with Gasteiger partial charge in [0.05, 0.1) is 0 Å². The molecule has 14 heteroatoms. The highest BCUT2D eigenvalue weighted by atomic mass is 32.2. The van der Waals surface area contributed by atoms with E-state index < -0.39 is 48.8 Å². The van der Waals surface area contributed by atoms with Crippen molar-refractivity contribution in [1.29, 1.82) is 0 Å². The van der Waals surface area contributed by atoms with Crippen molar-refractivity contribution >= 4 is 11.4 Å². The monoisotopic (exact) mass is 346 g/mol. The zero-order valence-electron chi connectivity index (χ0n) is 8.83. The van der Waals surface area contributed by atoms with E-state index in [9.17, 15) is 48.1 Å². The zero-order chi connectivity index (χ0) is 16.4. The average molecular weight is 346 g/mol. The molecule has 0 heterocycles. The SMILES string of the molecule is O=S(OC(F)(F)CC(F)(F)F)OC(F)(F)CC(F)(F)F. The zero-order valence-corrected chi connectivity index (χ0v) is 9.64. The second kappa shape index (κ2) is 6.01. The van der Waals surface area contributed by atoms with Gasteiger partial charge >= 0.3 is 35.9 Å². The van der Waals surface area contributed by atoms with Gasteiger partial charge in [-0.3, -0.25) is 0 Å². The summed E-state index contributed by atoms with van der Waals surface area (Å²) in [5.74, 6) is 0. The Hall–Kier alpha value is -0.630. The van der Waals surface area contributed by atoms with Crippen molar-refractivity contribution < 1.29 is 56.5 Å². The van der Waals surface area contributed by atoms with Gasteiger partial charge in [-0.2, -0.15) is 56.5 Å². The fraction of sp³-hybridized carbons (Fsp3) is 1.00. The average Bonchev–Trinajstić information content (AvgIpc) is 1.86. The lowest BCUT2D eigenvalue weighted by Crippen LogP contribution is -2.34. The maximum absolute atomic E-state index is 12.4. The largest absolute Gasteiger partial charge is 0.397 e. The number of hydrogen-bond donors (Lipinski definition) is 0. The van der Waals surface area contributed by atoms with Gasteiger partial charge < -0.3 is 0 Å². The molecule has 0 unspecified atom stereocenters. The van der Waals surface area contributed by atoms with E-state index in [0.717, 1.165) is 0 Å². The smallest absolute Gasteiger partial charge is 0.198 e. The Morgan fingerprint density at radius 2 is 0.900 bits per heavy atom. The molecule has 0 amide bonds. The van der Waals surface area contributed by atoms with E-state index in [4.69, 9.17) is 0 Å². The summed E-state index contributed by atoms with van der Waals surface area (Å²) in [5.41, 5.74) is 0. The number of halogens is 10. The summed E-state index contributed by atoms with van der Waals surface area (Å²) in [6.45, 7) is 0. The first-order chi connectivity index (χ1) is 8.52. The minimum Gasteiger partial charge on any atom is -0.198 e. The molecule has 0 aromatic rings. The Morgan fingerprint density at radius 1 is 0.650 bits per heavy atom. The topological polar surface area (TPSA) is 35.5 Å². The Bertz CT molecular complexity index is 316. The predicted molar refractivity (Wildman–Crippen MR) is 41.6 cm³/mol. The summed E-state index contributed by atoms with van der Waals surface area (Å²) in [6, 6.07) is 0. The van der Waals surface area contributed by atoms with Gasteiger partial charge in [-0.25, -0.2) is 0 Å². The molecule has 0 aliphatic heterocycles. The Balaban J connectivity index is 4.56. The van der Waals surface area contributed by atoms with E-state index in [1.165, 1.54) is 0 Å². The molecule has 0 fully saturated rings. The fourth-order valence-electron chi connectivity index (χ4n) is 0.742. The summed E-state index contributed by atoms with van der Waals surface area (Å²) in [6.07, 6.45) is -27.4. The third kappa shape index (κ3) is 10.2. The molecule has 0 aliphatic rings. The van der Waals surface area contributed by atoms with E-state index in [1.54, 1.807) is 0 Å². The van der Waals surface area contributed by atoms with Gasteiger partial charge in [-0.05, 0) is 0 Å². The molecule has 0 bridgehead atoms. The van der Waals surface area contributed by atoms with Crippen molar-refractivity contribution in [2.75, 3.05) is 0 Å². The maximum atomic E-state index is 12.4. The molecule has 0 aromatic heterocycles. The van der Waals surface area contributed by atoms with E-state index in [2.05, 4.69) is 8.37 Å². The van der Waals surface area contributed by atoms with Crippen molar-refractivity contribution in [3.63, 3.8) is 0 Å². The third-order valence-corrected chi connectivity index (χ3v) is 1.95. The van der Waals surface area contributed by atoms with Crippen LogP contribution >= 0.6 is 0 Å². The van der Waals surface area contributed by atoms with Gasteiger partial charge in [0.1, 0.15) is 12.8 Å². The molecule has 20 heavy (non-hydrogen) atoms. The first kappa shape index (κ1) is 19.4. The molecule has 0 saturated carbocycles. The van der Waals surface area contributed by atoms with Crippen molar-refractivity contribution in [2.45, 2.75) is 37.4 Å². The van der Waals surface area contributed by atoms with Crippen LogP contribution in [-0.2, 0) is 19.7 Å². The van der Waals surface area contributed by atoms with Crippen LogP contribution in [0.15, 0.2) is 0 Å². The van der Waals surface area contributed by atoms with Gasteiger partial charge in [0.15, 0.2) is 0 Å². The van der Waals surface area contributed by atoms with Crippen LogP contribution in [0.3, 0.4) is 0 Å². The first-order valence-corrected chi connectivity index (χ1v) is 5.21. The van der Waals surface area contributed by atoms with Crippen LogP contribution in [0.2, 0.25) is 0 Å². The number of hydrogen-bond acceptors (Lipinski definition) is 3. The lowest BCUT2D eigenvalue weighted by Gasteiger charge is -2.20. The summed E-state index contributed by atoms with van der Waals surface area (Å²) in [5, 5.41) is 0. The Kier molecular flexibility index (Phi) is 5.82. The van der Waals surface area contributed by atoms with Crippen LogP contribution in [-0.4, -0.2) is 28.8 Å². The van der Waals surface area contributed by atoms with E-state index >= 15 is 0 Å². The number of rotatable bonds is 6. The van der Waals surface area contributed by atoms with E-state index in [-0.39, 0.29) is 0 Å². The molecule has 0 aromatic carbocycles. The van der Waals surface area contributed by atoms with Gasteiger partial charge in [0.25, 0.3) is 0 Å². The molecule has 0 radical (unpaired) electrons. The molecule has 0 aliphatic carbocycles. The summed E-state index contributed by atoms with van der Waals surface area (Å²) >= 11 is -4.23. The van der Waals surface area contributed by atoms with Crippen LogP contribution in [0.4, 0.5) is 43.9 Å². The highest BCUT2D eigenvalue weighted by Gasteiger charge is 2.50. The van der Waals surface area contributed by atoms with Gasteiger partial charge in [0.2, 0.25) is 0 Å². The Labute approximate surface area is 106 Å². The third-order valence-electron chi connectivity index (χ3n) is 1.19. The lowest BCUT2D eigenvalue weighted by atomic mass is 10.4. The second-order valence-electron chi connectivity index (χ2n) is 3.23. The standard InChI is InChI=1S/C6H4F10O3S/c7-3(8,9)1-5(13,14)18-20(17)19-6(15,16)2-4(10,11)12/h1-2H2. The van der Waals surface area contributed by atoms with Crippen molar-refractivity contribution in [2.24, 2.45) is 0 Å². The second-order valence-corrected chi connectivity index (χ2v) is 3.97.